The summed E-state index contributed by atoms with van der Waals surface area (Å²) in [6.45, 7) is 1.27. The molecule has 0 aromatic rings. The van der Waals surface area contributed by atoms with Crippen LogP contribution in [0.3, 0.4) is 0 Å². The van der Waals surface area contributed by atoms with Crippen molar-refractivity contribution in [3.8, 4) is 0 Å². The predicted molar refractivity (Wildman–Crippen MR) is 57.4 cm³/mol. The molecule has 0 bridgehead atoms. The van der Waals surface area contributed by atoms with Gasteiger partial charge in [0.2, 0.25) is 5.78 Å². The Morgan fingerprint density at radius 2 is 2.53 bits per heavy atom. The summed E-state index contributed by atoms with van der Waals surface area (Å²) in [7, 11) is 1.64. The summed E-state index contributed by atoms with van der Waals surface area (Å²) in [5, 5.41) is 0. The molecule has 15 heavy (non-hydrogen) atoms. The molecule has 0 spiro atoms. The van der Waals surface area contributed by atoms with Crippen molar-refractivity contribution in [1.82, 2.24) is 0 Å². The van der Waals surface area contributed by atoms with Crippen LogP contribution in [-0.2, 0) is 14.3 Å². The van der Waals surface area contributed by atoms with E-state index in [1.165, 1.54) is 0 Å². The van der Waals surface area contributed by atoms with E-state index in [0.717, 1.165) is 19.3 Å². The first-order valence-electron chi connectivity index (χ1n) is 5.37. The smallest absolute Gasteiger partial charge is 0.213 e. The van der Waals surface area contributed by atoms with Gasteiger partial charge in [-0.1, -0.05) is 0 Å². The van der Waals surface area contributed by atoms with Crippen LogP contribution in [0.15, 0.2) is 11.8 Å². The minimum absolute atomic E-state index is 0.0780. The number of Topliss-reactive ketones (excluding diaryl/α,β-unsaturated/α-hetero) is 1. The molecule has 0 amide bonds. The third-order valence-electron chi connectivity index (χ3n) is 2.38. The number of hydrogen-bond acceptors (Lipinski definition) is 4. The monoisotopic (exact) mass is 213 g/mol. The molecule has 0 aliphatic carbocycles. The number of ether oxygens (including phenoxy) is 2. The molecule has 1 unspecified atom stereocenters. The molecule has 86 valence electrons. The molecule has 0 saturated carbocycles. The summed E-state index contributed by atoms with van der Waals surface area (Å²) < 4.78 is 10.2. The fourth-order valence-electron chi connectivity index (χ4n) is 1.49. The van der Waals surface area contributed by atoms with Crippen LogP contribution < -0.4 is 5.73 Å². The van der Waals surface area contributed by atoms with E-state index in [9.17, 15) is 4.79 Å². The van der Waals surface area contributed by atoms with E-state index in [1.807, 2.05) is 6.08 Å². The SMILES string of the molecule is COCCCC(N)C(=O)C1=CCCCO1. The van der Waals surface area contributed by atoms with Crippen molar-refractivity contribution in [3.63, 3.8) is 0 Å². The van der Waals surface area contributed by atoms with Gasteiger partial charge in [0.15, 0.2) is 5.76 Å². The quantitative estimate of drug-likeness (QED) is 0.669. The second-order valence-electron chi connectivity index (χ2n) is 3.66. The van der Waals surface area contributed by atoms with Gasteiger partial charge in [0, 0.05) is 13.7 Å². The van der Waals surface area contributed by atoms with E-state index < -0.39 is 6.04 Å². The molecule has 0 fully saturated rings. The Kier molecular flexibility index (Phi) is 5.36. The highest BCUT2D eigenvalue weighted by atomic mass is 16.5. The van der Waals surface area contributed by atoms with Gasteiger partial charge in [-0.2, -0.15) is 0 Å². The normalized spacial score (nSPS) is 17.9. The minimum atomic E-state index is -0.454. The molecule has 2 N–H and O–H groups in total. The number of rotatable bonds is 6. The molecular formula is C11H19NO3. The number of nitrogens with two attached hydrogens (primary N) is 1. The molecular weight excluding hydrogens is 194 g/mol. The topological polar surface area (TPSA) is 61.5 Å². The van der Waals surface area contributed by atoms with Gasteiger partial charge in [-0.25, -0.2) is 0 Å². The lowest BCUT2D eigenvalue weighted by Crippen LogP contribution is -2.33. The predicted octanol–water partition coefficient (Wildman–Crippen LogP) is 1.00. The second-order valence-corrected chi connectivity index (χ2v) is 3.66. The highest BCUT2D eigenvalue weighted by molar-refractivity contribution is 5.97. The molecule has 0 radical (unpaired) electrons. The van der Waals surface area contributed by atoms with E-state index in [4.69, 9.17) is 15.2 Å². The lowest BCUT2D eigenvalue weighted by atomic mass is 10.0. The minimum Gasteiger partial charge on any atom is -0.490 e. The lowest BCUT2D eigenvalue weighted by Gasteiger charge is -2.17. The van der Waals surface area contributed by atoms with E-state index in [-0.39, 0.29) is 5.78 Å². The van der Waals surface area contributed by atoms with Gasteiger partial charge >= 0.3 is 0 Å². The third kappa shape index (κ3) is 4.01. The van der Waals surface area contributed by atoms with Crippen LogP contribution in [0, 0.1) is 0 Å². The largest absolute Gasteiger partial charge is 0.490 e. The highest BCUT2D eigenvalue weighted by Gasteiger charge is 2.20. The lowest BCUT2D eigenvalue weighted by molar-refractivity contribution is -0.120. The second kappa shape index (κ2) is 6.58. The zero-order valence-corrected chi connectivity index (χ0v) is 9.20. The molecule has 4 heteroatoms. The zero-order valence-electron chi connectivity index (χ0n) is 9.20. The van der Waals surface area contributed by atoms with Crippen LogP contribution in [0.2, 0.25) is 0 Å². The Morgan fingerprint density at radius 3 is 3.13 bits per heavy atom. The third-order valence-corrected chi connectivity index (χ3v) is 2.38. The molecule has 1 heterocycles. The maximum Gasteiger partial charge on any atom is 0.213 e. The van der Waals surface area contributed by atoms with Gasteiger partial charge in [-0.3, -0.25) is 4.79 Å². The first-order chi connectivity index (χ1) is 7.25. The summed E-state index contributed by atoms with van der Waals surface area (Å²) in [6.07, 6.45) is 5.17. The molecule has 1 rings (SSSR count). The maximum atomic E-state index is 11.7. The zero-order chi connectivity index (χ0) is 11.1. The number of carbonyl (C=O) groups excluding carboxylic acids is 1. The van der Waals surface area contributed by atoms with Gasteiger partial charge in [-0.05, 0) is 31.8 Å². The van der Waals surface area contributed by atoms with E-state index in [0.29, 0.717) is 25.4 Å². The summed E-state index contributed by atoms with van der Waals surface area (Å²) in [6, 6.07) is -0.454. The molecule has 1 atom stereocenters. The van der Waals surface area contributed by atoms with Crippen LogP contribution in [0.25, 0.3) is 0 Å². The molecule has 1 aliphatic rings. The van der Waals surface area contributed by atoms with Crippen LogP contribution in [-0.4, -0.2) is 32.1 Å². The average molecular weight is 213 g/mol. The van der Waals surface area contributed by atoms with E-state index in [2.05, 4.69) is 0 Å². The summed E-state index contributed by atoms with van der Waals surface area (Å²) in [4.78, 5) is 11.7. The standard InChI is InChI=1S/C11H19NO3/c1-14-7-4-5-9(12)11(13)10-6-2-3-8-15-10/h6,9H,2-5,7-8,12H2,1H3. The van der Waals surface area contributed by atoms with Crippen LogP contribution in [0.4, 0.5) is 0 Å². The number of allylic oxidation sites excluding steroid dienone is 1. The van der Waals surface area contributed by atoms with Crippen molar-refractivity contribution in [1.29, 1.82) is 0 Å². The van der Waals surface area contributed by atoms with Crippen molar-refractivity contribution >= 4 is 5.78 Å². The fourth-order valence-corrected chi connectivity index (χ4v) is 1.49. The molecule has 0 aromatic heterocycles. The molecule has 0 aromatic carbocycles. The van der Waals surface area contributed by atoms with Gasteiger partial charge in [-0.15, -0.1) is 0 Å². The van der Waals surface area contributed by atoms with Crippen molar-refractivity contribution in [2.45, 2.75) is 31.7 Å². The number of methoxy groups -OCH3 is 1. The summed E-state index contributed by atoms with van der Waals surface area (Å²) >= 11 is 0. The molecule has 4 nitrogen and oxygen atoms in total. The number of carbonyl (C=O) groups is 1. The Morgan fingerprint density at radius 1 is 1.73 bits per heavy atom. The first kappa shape index (κ1) is 12.2. The van der Waals surface area contributed by atoms with Crippen LogP contribution >= 0.6 is 0 Å². The average Bonchev–Trinajstić information content (AvgIpc) is 2.29. The molecule has 0 saturated heterocycles. The van der Waals surface area contributed by atoms with Crippen molar-refractivity contribution in [2.24, 2.45) is 5.73 Å². The van der Waals surface area contributed by atoms with E-state index in [1.54, 1.807) is 7.11 Å². The molecule has 1 aliphatic heterocycles. The van der Waals surface area contributed by atoms with Crippen molar-refractivity contribution in [3.05, 3.63) is 11.8 Å². The Bertz CT molecular complexity index is 238. The maximum absolute atomic E-state index is 11.7. The van der Waals surface area contributed by atoms with Gasteiger partial charge in [0.1, 0.15) is 0 Å². The van der Waals surface area contributed by atoms with E-state index >= 15 is 0 Å². The van der Waals surface area contributed by atoms with Crippen molar-refractivity contribution in [2.75, 3.05) is 20.3 Å². The van der Waals surface area contributed by atoms with Gasteiger partial charge < -0.3 is 15.2 Å². The Balaban J connectivity index is 2.34. The summed E-state index contributed by atoms with van der Waals surface area (Å²) in [5.41, 5.74) is 5.76. The highest BCUT2D eigenvalue weighted by Crippen LogP contribution is 2.13. The summed E-state index contributed by atoms with van der Waals surface area (Å²) in [5.74, 6) is 0.372. The van der Waals surface area contributed by atoms with Gasteiger partial charge in [0.05, 0.1) is 12.6 Å². The van der Waals surface area contributed by atoms with Gasteiger partial charge in [0.25, 0.3) is 0 Å². The fraction of sp³-hybridized carbons (Fsp3) is 0.727. The number of hydrogen-bond donors (Lipinski definition) is 1. The first-order valence-corrected chi connectivity index (χ1v) is 5.37. The van der Waals surface area contributed by atoms with Crippen LogP contribution in [0.5, 0.6) is 0 Å². The van der Waals surface area contributed by atoms with Crippen LogP contribution in [0.1, 0.15) is 25.7 Å². The number of ketones is 1. The Hall–Kier alpha value is -0.870. The van der Waals surface area contributed by atoms with Crippen molar-refractivity contribution < 1.29 is 14.3 Å². The Labute approximate surface area is 90.4 Å².